The van der Waals surface area contributed by atoms with Gasteiger partial charge in [0.15, 0.2) is 5.78 Å². The zero-order chi connectivity index (χ0) is 22.4. The molecule has 3 rings (SSSR count). The van der Waals surface area contributed by atoms with Crippen LogP contribution in [0, 0.1) is 0 Å². The van der Waals surface area contributed by atoms with Crippen LogP contribution < -0.4 is 0 Å². The minimum Gasteiger partial charge on any atom is -0.507 e. The van der Waals surface area contributed by atoms with Gasteiger partial charge in [-0.15, -0.1) is 0 Å². The topological polar surface area (TPSA) is 76.1 Å². The first-order valence-corrected chi connectivity index (χ1v) is 10.1. The molecule has 1 saturated heterocycles. The van der Waals surface area contributed by atoms with Crippen LogP contribution in [0.2, 0.25) is 0 Å². The van der Waals surface area contributed by atoms with Crippen LogP contribution in [-0.4, -0.2) is 55.6 Å². The number of methoxy groups -OCH3 is 1. The van der Waals surface area contributed by atoms with Crippen LogP contribution in [-0.2, 0) is 25.7 Å². The highest BCUT2D eigenvalue weighted by molar-refractivity contribution is 6.25. The van der Waals surface area contributed by atoms with Gasteiger partial charge in [0.05, 0.1) is 26.4 Å². The number of ether oxygens (including phenoxy) is 2. The third kappa shape index (κ3) is 5.29. The quantitative estimate of drug-likeness (QED) is 0.231. The van der Waals surface area contributed by atoms with E-state index in [4.69, 9.17) is 9.47 Å². The number of amides is 1. The summed E-state index contributed by atoms with van der Waals surface area (Å²) in [5.74, 6) is -1.15. The van der Waals surface area contributed by atoms with Gasteiger partial charge in [0, 0.05) is 14.2 Å². The summed E-state index contributed by atoms with van der Waals surface area (Å²) in [6.45, 7) is 3.37. The van der Waals surface area contributed by atoms with Crippen molar-refractivity contribution in [3.8, 4) is 0 Å². The standard InChI is InChI=1S/C25H27NO5/c1-17(8-11-22(27)24-23(28)15-26(2)25(24)29)14-21-19(16-31-13-12-30-3)10-9-18-6-4-5-7-20(18)21/h4-11,14,27H,12-13,15-16H2,1-3H3/b11-8+,17-14+,24-22-. The molecule has 6 heteroatoms. The monoisotopic (exact) mass is 421 g/mol. The predicted octanol–water partition coefficient (Wildman–Crippen LogP) is 3.82. The van der Waals surface area contributed by atoms with E-state index in [9.17, 15) is 14.7 Å². The van der Waals surface area contributed by atoms with E-state index in [2.05, 4.69) is 18.2 Å². The molecule has 1 aliphatic heterocycles. The summed E-state index contributed by atoms with van der Waals surface area (Å²) in [7, 11) is 3.17. The lowest BCUT2D eigenvalue weighted by Gasteiger charge is -2.12. The Labute approximate surface area is 182 Å². The summed E-state index contributed by atoms with van der Waals surface area (Å²) >= 11 is 0. The fraction of sp³-hybridized carbons (Fsp3) is 0.280. The average Bonchev–Trinajstić information content (AvgIpc) is 3.02. The maximum atomic E-state index is 12.0. The van der Waals surface area contributed by atoms with Crippen molar-refractivity contribution in [3.05, 3.63) is 76.6 Å². The van der Waals surface area contributed by atoms with Crippen LogP contribution >= 0.6 is 0 Å². The second kappa shape index (κ2) is 10.2. The lowest BCUT2D eigenvalue weighted by atomic mass is 9.97. The van der Waals surface area contributed by atoms with Crippen molar-refractivity contribution < 1.29 is 24.2 Å². The van der Waals surface area contributed by atoms with Crippen molar-refractivity contribution in [2.75, 3.05) is 33.9 Å². The maximum absolute atomic E-state index is 12.0. The minimum atomic E-state index is -0.460. The Kier molecular flexibility index (Phi) is 7.39. The highest BCUT2D eigenvalue weighted by Gasteiger charge is 2.33. The van der Waals surface area contributed by atoms with E-state index >= 15 is 0 Å². The Morgan fingerprint density at radius 3 is 2.61 bits per heavy atom. The fourth-order valence-electron chi connectivity index (χ4n) is 3.46. The van der Waals surface area contributed by atoms with Crippen molar-refractivity contribution >= 4 is 28.5 Å². The molecule has 1 N–H and O–H groups in total. The molecule has 162 valence electrons. The first kappa shape index (κ1) is 22.5. The van der Waals surface area contributed by atoms with Gasteiger partial charge in [-0.05, 0) is 34.9 Å². The van der Waals surface area contributed by atoms with Crippen LogP contribution in [0.5, 0.6) is 0 Å². The van der Waals surface area contributed by atoms with Gasteiger partial charge >= 0.3 is 0 Å². The number of nitrogens with zero attached hydrogens (tertiary/aromatic N) is 1. The number of likely N-dealkylation sites (tertiary alicyclic amines) is 1. The normalized spacial score (nSPS) is 16.7. The second-order valence-corrected chi connectivity index (χ2v) is 7.47. The van der Waals surface area contributed by atoms with Crippen LogP contribution in [0.3, 0.4) is 0 Å². The van der Waals surface area contributed by atoms with Crippen LogP contribution in [0.25, 0.3) is 16.8 Å². The SMILES string of the molecule is COCCOCc1ccc2ccccc2c1/C=C(C)/C=C/C(O)=C1\C(=O)CN(C)C1=O. The summed E-state index contributed by atoms with van der Waals surface area (Å²) in [5.41, 5.74) is 2.75. The molecule has 0 radical (unpaired) electrons. The van der Waals surface area contributed by atoms with E-state index in [0.29, 0.717) is 19.8 Å². The number of aliphatic hydroxyl groups is 1. The Balaban J connectivity index is 1.92. The largest absolute Gasteiger partial charge is 0.507 e. The van der Waals surface area contributed by atoms with E-state index in [1.807, 2.05) is 31.2 Å². The first-order chi connectivity index (χ1) is 14.9. The van der Waals surface area contributed by atoms with Gasteiger partial charge in [-0.3, -0.25) is 9.59 Å². The molecule has 1 heterocycles. The van der Waals surface area contributed by atoms with Crippen molar-refractivity contribution in [2.24, 2.45) is 0 Å². The number of benzene rings is 2. The van der Waals surface area contributed by atoms with Crippen molar-refractivity contribution in [2.45, 2.75) is 13.5 Å². The molecular weight excluding hydrogens is 394 g/mol. The molecule has 1 aliphatic rings. The molecule has 2 aromatic rings. The highest BCUT2D eigenvalue weighted by atomic mass is 16.5. The second-order valence-electron chi connectivity index (χ2n) is 7.47. The molecular formula is C25H27NO5. The zero-order valence-corrected chi connectivity index (χ0v) is 18.1. The third-order valence-corrected chi connectivity index (χ3v) is 5.10. The molecule has 31 heavy (non-hydrogen) atoms. The third-order valence-electron chi connectivity index (χ3n) is 5.10. The molecule has 0 unspecified atom stereocenters. The number of allylic oxidation sites excluding steroid dienone is 3. The van der Waals surface area contributed by atoms with E-state index < -0.39 is 5.91 Å². The van der Waals surface area contributed by atoms with Gasteiger partial charge in [-0.2, -0.15) is 0 Å². The number of carbonyl (C=O) groups excluding carboxylic acids is 2. The number of aliphatic hydroxyl groups excluding tert-OH is 1. The molecule has 6 nitrogen and oxygen atoms in total. The molecule has 0 saturated carbocycles. The molecule has 0 atom stereocenters. The number of fused-ring (bicyclic) bond motifs is 1. The molecule has 0 spiro atoms. The van der Waals surface area contributed by atoms with Crippen molar-refractivity contribution in [1.29, 1.82) is 0 Å². The average molecular weight is 421 g/mol. The summed E-state index contributed by atoms with van der Waals surface area (Å²) < 4.78 is 10.8. The Morgan fingerprint density at radius 2 is 1.90 bits per heavy atom. The van der Waals surface area contributed by atoms with E-state index in [1.54, 1.807) is 13.2 Å². The molecule has 0 aliphatic carbocycles. The minimum absolute atomic E-state index is 0.0106. The number of carbonyl (C=O) groups is 2. The first-order valence-electron chi connectivity index (χ1n) is 10.1. The zero-order valence-electron chi connectivity index (χ0n) is 18.1. The highest BCUT2D eigenvalue weighted by Crippen LogP contribution is 2.26. The van der Waals surface area contributed by atoms with Crippen molar-refractivity contribution in [1.82, 2.24) is 4.90 Å². The summed E-state index contributed by atoms with van der Waals surface area (Å²) in [4.78, 5) is 25.3. The van der Waals surface area contributed by atoms with Gasteiger partial charge in [-0.25, -0.2) is 0 Å². The number of rotatable bonds is 8. The fourth-order valence-corrected chi connectivity index (χ4v) is 3.46. The van der Waals surface area contributed by atoms with Gasteiger partial charge in [0.1, 0.15) is 11.3 Å². The molecule has 2 aromatic carbocycles. The van der Waals surface area contributed by atoms with E-state index in [1.165, 1.54) is 18.0 Å². The number of ketones is 1. The van der Waals surface area contributed by atoms with E-state index in [-0.39, 0.29) is 23.7 Å². The van der Waals surface area contributed by atoms with Gasteiger partial charge in [0.2, 0.25) is 0 Å². The van der Waals surface area contributed by atoms with Crippen LogP contribution in [0.1, 0.15) is 18.1 Å². The number of hydrogen-bond acceptors (Lipinski definition) is 5. The summed E-state index contributed by atoms with van der Waals surface area (Å²) in [5, 5.41) is 12.5. The molecule has 0 bridgehead atoms. The van der Waals surface area contributed by atoms with Crippen molar-refractivity contribution in [3.63, 3.8) is 0 Å². The smallest absolute Gasteiger partial charge is 0.261 e. The van der Waals surface area contributed by atoms with E-state index in [0.717, 1.165) is 27.5 Å². The molecule has 0 aromatic heterocycles. The number of likely N-dealkylation sites (N-methyl/N-ethyl adjacent to an activating group) is 1. The summed E-state index contributed by atoms with van der Waals surface area (Å²) in [6.07, 6.45) is 5.10. The molecule has 1 amide bonds. The summed E-state index contributed by atoms with van der Waals surface area (Å²) in [6, 6.07) is 12.2. The van der Waals surface area contributed by atoms with Crippen LogP contribution in [0.15, 0.2) is 65.5 Å². The van der Waals surface area contributed by atoms with Gasteiger partial charge in [0.25, 0.3) is 5.91 Å². The lowest BCUT2D eigenvalue weighted by molar-refractivity contribution is -0.123. The Bertz CT molecular complexity index is 1080. The maximum Gasteiger partial charge on any atom is 0.261 e. The van der Waals surface area contributed by atoms with Crippen LogP contribution in [0.4, 0.5) is 0 Å². The van der Waals surface area contributed by atoms with Gasteiger partial charge in [-0.1, -0.05) is 54.1 Å². The Hall–Kier alpha value is -3.22. The number of hydrogen-bond donors (Lipinski definition) is 1. The predicted molar refractivity (Wildman–Crippen MR) is 121 cm³/mol. The molecule has 1 fully saturated rings. The van der Waals surface area contributed by atoms with Gasteiger partial charge < -0.3 is 19.5 Å². The number of Topliss-reactive ketones (excluding diaryl/α,β-unsaturated/α-hetero) is 1. The Morgan fingerprint density at radius 1 is 1.13 bits per heavy atom. The lowest BCUT2D eigenvalue weighted by Crippen LogP contribution is -2.19.